The van der Waals surface area contributed by atoms with Crippen LogP contribution in [0.15, 0.2) is 17.0 Å². The van der Waals surface area contributed by atoms with Gasteiger partial charge in [-0.25, -0.2) is 8.42 Å². The molecule has 0 fully saturated rings. The molecule has 0 spiro atoms. The van der Waals surface area contributed by atoms with Crippen molar-refractivity contribution >= 4 is 27.3 Å². The van der Waals surface area contributed by atoms with Crippen molar-refractivity contribution < 1.29 is 26.7 Å². The van der Waals surface area contributed by atoms with Gasteiger partial charge in [-0.3, -0.25) is 0 Å². The van der Waals surface area contributed by atoms with Crippen molar-refractivity contribution in [2.24, 2.45) is 0 Å². The van der Waals surface area contributed by atoms with Gasteiger partial charge in [-0.15, -0.1) is 0 Å². The maximum Gasteiger partial charge on any atom is 0.402 e. The number of hydrogen-bond donors (Lipinski definition) is 2. The molecule has 0 unspecified atom stereocenters. The lowest BCUT2D eigenvalue weighted by Gasteiger charge is -2.23. The Labute approximate surface area is 125 Å². The molecule has 0 bridgehead atoms. The number of aliphatic hydroxyl groups is 1. The second-order valence-electron chi connectivity index (χ2n) is 4.32. The van der Waals surface area contributed by atoms with Crippen LogP contribution >= 0.6 is 11.6 Å². The lowest BCUT2D eigenvalue weighted by Crippen LogP contribution is -2.40. The molecular formula is C11H14ClF3N2O3S. The number of nitrogens with zero attached hydrogens (tertiary/aromatic N) is 1. The zero-order chi connectivity index (χ0) is 16.4. The summed E-state index contributed by atoms with van der Waals surface area (Å²) in [5.74, 6) is 0. The number of sulfonamides is 1. The number of aliphatic hydroxyl groups excluding tert-OH is 1. The summed E-state index contributed by atoms with van der Waals surface area (Å²) in [6.45, 7) is -1.63. The molecule has 0 aliphatic carbocycles. The van der Waals surface area contributed by atoms with E-state index in [4.69, 9.17) is 22.4 Å². The van der Waals surface area contributed by atoms with Crippen LogP contribution in [0, 0.1) is 6.92 Å². The minimum absolute atomic E-state index is 0.0498. The molecule has 1 aromatic rings. The van der Waals surface area contributed by atoms with Gasteiger partial charge in [-0.2, -0.15) is 17.5 Å². The van der Waals surface area contributed by atoms with Gasteiger partial charge in [0.2, 0.25) is 10.0 Å². The zero-order valence-electron chi connectivity index (χ0n) is 11.0. The molecule has 21 heavy (non-hydrogen) atoms. The van der Waals surface area contributed by atoms with Crippen molar-refractivity contribution in [2.45, 2.75) is 18.0 Å². The Kier molecular flexibility index (Phi) is 5.48. The third-order valence-electron chi connectivity index (χ3n) is 2.60. The summed E-state index contributed by atoms with van der Waals surface area (Å²) < 4.78 is 62.0. The van der Waals surface area contributed by atoms with Gasteiger partial charge in [0.1, 0.15) is 6.54 Å². The number of benzene rings is 1. The Morgan fingerprint density at radius 3 is 2.38 bits per heavy atom. The van der Waals surface area contributed by atoms with Gasteiger partial charge in [-0.1, -0.05) is 11.6 Å². The first-order chi connectivity index (χ1) is 9.49. The molecule has 0 aliphatic heterocycles. The van der Waals surface area contributed by atoms with Crippen LogP contribution < -0.4 is 5.73 Å². The summed E-state index contributed by atoms with van der Waals surface area (Å²) in [6.07, 6.45) is -4.73. The molecule has 0 saturated heterocycles. The molecule has 0 saturated carbocycles. The molecule has 10 heteroatoms. The van der Waals surface area contributed by atoms with Crippen LogP contribution in [-0.4, -0.2) is 43.7 Å². The predicted octanol–water partition coefficient (Wildman–Crippen LogP) is 1.78. The van der Waals surface area contributed by atoms with Gasteiger partial charge >= 0.3 is 6.18 Å². The van der Waals surface area contributed by atoms with Crippen LogP contribution in [-0.2, 0) is 10.0 Å². The van der Waals surface area contributed by atoms with Gasteiger partial charge in [0, 0.05) is 6.54 Å². The molecule has 3 N–H and O–H groups in total. The smallest absolute Gasteiger partial charge is 0.397 e. The van der Waals surface area contributed by atoms with Crippen molar-refractivity contribution in [1.29, 1.82) is 0 Å². The van der Waals surface area contributed by atoms with Crippen LogP contribution in [0.25, 0.3) is 0 Å². The molecular weight excluding hydrogens is 333 g/mol. The van der Waals surface area contributed by atoms with Crippen LogP contribution in [0.1, 0.15) is 5.56 Å². The van der Waals surface area contributed by atoms with E-state index in [2.05, 4.69) is 0 Å². The van der Waals surface area contributed by atoms with E-state index in [1.165, 1.54) is 6.92 Å². The van der Waals surface area contributed by atoms with Gasteiger partial charge < -0.3 is 10.8 Å². The largest absolute Gasteiger partial charge is 0.402 e. The molecule has 120 valence electrons. The van der Waals surface area contributed by atoms with E-state index in [1.807, 2.05) is 0 Å². The summed E-state index contributed by atoms with van der Waals surface area (Å²) in [6, 6.07) is 2.13. The van der Waals surface area contributed by atoms with E-state index in [-0.39, 0.29) is 15.0 Å². The molecule has 1 aromatic carbocycles. The monoisotopic (exact) mass is 346 g/mol. The number of hydrogen-bond acceptors (Lipinski definition) is 4. The molecule has 0 amide bonds. The van der Waals surface area contributed by atoms with E-state index >= 15 is 0 Å². The highest BCUT2D eigenvalue weighted by Crippen LogP contribution is 2.29. The highest BCUT2D eigenvalue weighted by Gasteiger charge is 2.37. The van der Waals surface area contributed by atoms with E-state index in [1.54, 1.807) is 0 Å². The Balaban J connectivity index is 3.29. The average molecular weight is 347 g/mol. The lowest BCUT2D eigenvalue weighted by atomic mass is 10.2. The molecule has 5 nitrogen and oxygen atoms in total. The van der Waals surface area contributed by atoms with Crippen LogP contribution in [0.3, 0.4) is 0 Å². The number of anilines is 1. The highest BCUT2D eigenvalue weighted by molar-refractivity contribution is 7.89. The molecule has 0 aromatic heterocycles. The fourth-order valence-corrected chi connectivity index (χ4v) is 3.30. The first kappa shape index (κ1) is 18.0. The van der Waals surface area contributed by atoms with Gasteiger partial charge in [0.25, 0.3) is 0 Å². The standard InChI is InChI=1S/C11H14ClF3N2O3S/c1-7-4-8(5-9(16)10(7)12)21(19,20)17(2-3-18)6-11(13,14)15/h4-5,18H,2-3,6,16H2,1H3. The number of nitrogen functional groups attached to an aromatic ring is 1. The van der Waals surface area contributed by atoms with E-state index in [0.717, 1.165) is 12.1 Å². The number of nitrogens with two attached hydrogens (primary N) is 1. The molecule has 1 rings (SSSR count). The van der Waals surface area contributed by atoms with Crippen LogP contribution in [0.4, 0.5) is 18.9 Å². The fourth-order valence-electron chi connectivity index (χ4n) is 1.66. The first-order valence-electron chi connectivity index (χ1n) is 5.72. The molecule has 0 atom stereocenters. The number of aryl methyl sites for hydroxylation is 1. The van der Waals surface area contributed by atoms with Gasteiger partial charge in [0.05, 0.1) is 22.2 Å². The Morgan fingerprint density at radius 2 is 1.95 bits per heavy atom. The summed E-state index contributed by atoms with van der Waals surface area (Å²) in [7, 11) is -4.44. The summed E-state index contributed by atoms with van der Waals surface area (Å²) in [5, 5.41) is 8.92. The minimum Gasteiger partial charge on any atom is -0.397 e. The molecule has 0 heterocycles. The SMILES string of the molecule is Cc1cc(S(=O)(=O)N(CCO)CC(F)(F)F)cc(N)c1Cl. The van der Waals surface area contributed by atoms with E-state index in [9.17, 15) is 21.6 Å². The van der Waals surface area contributed by atoms with Crippen molar-refractivity contribution in [2.75, 3.05) is 25.4 Å². The quantitative estimate of drug-likeness (QED) is 0.796. The van der Waals surface area contributed by atoms with Crippen molar-refractivity contribution in [3.05, 3.63) is 22.7 Å². The maximum atomic E-state index is 12.5. The summed E-state index contributed by atoms with van der Waals surface area (Å²) in [5.41, 5.74) is 5.81. The normalized spacial score (nSPS) is 12.9. The fraction of sp³-hybridized carbons (Fsp3) is 0.455. The van der Waals surface area contributed by atoms with Crippen molar-refractivity contribution in [3.8, 4) is 0 Å². The summed E-state index contributed by atoms with van der Waals surface area (Å²) >= 11 is 5.79. The number of halogens is 4. The topological polar surface area (TPSA) is 83.6 Å². The third-order valence-corrected chi connectivity index (χ3v) is 4.94. The van der Waals surface area contributed by atoms with Crippen molar-refractivity contribution in [1.82, 2.24) is 4.31 Å². The highest BCUT2D eigenvalue weighted by atomic mass is 35.5. The Hall–Kier alpha value is -1.03. The maximum absolute atomic E-state index is 12.5. The van der Waals surface area contributed by atoms with Gasteiger partial charge in [0.15, 0.2) is 0 Å². The van der Waals surface area contributed by atoms with Crippen LogP contribution in [0.5, 0.6) is 0 Å². The van der Waals surface area contributed by atoms with E-state index < -0.39 is 40.8 Å². The Morgan fingerprint density at radius 1 is 1.38 bits per heavy atom. The molecule has 0 aliphatic rings. The lowest BCUT2D eigenvalue weighted by molar-refractivity contribution is -0.136. The van der Waals surface area contributed by atoms with Crippen LogP contribution in [0.2, 0.25) is 5.02 Å². The third kappa shape index (κ3) is 4.47. The Bertz CT molecular complexity index is 597. The predicted molar refractivity (Wildman–Crippen MR) is 72.5 cm³/mol. The first-order valence-corrected chi connectivity index (χ1v) is 7.54. The number of rotatable bonds is 5. The van der Waals surface area contributed by atoms with Crippen molar-refractivity contribution in [3.63, 3.8) is 0 Å². The van der Waals surface area contributed by atoms with E-state index in [0.29, 0.717) is 5.56 Å². The number of alkyl halides is 3. The zero-order valence-corrected chi connectivity index (χ0v) is 12.6. The second kappa shape index (κ2) is 6.39. The van der Waals surface area contributed by atoms with Gasteiger partial charge in [-0.05, 0) is 24.6 Å². The molecule has 0 radical (unpaired) electrons. The summed E-state index contributed by atoms with van der Waals surface area (Å²) in [4.78, 5) is -0.403. The minimum atomic E-state index is -4.73. The average Bonchev–Trinajstić information content (AvgIpc) is 2.33. The second-order valence-corrected chi connectivity index (χ2v) is 6.64.